The lowest BCUT2D eigenvalue weighted by Crippen LogP contribution is -2.12. The van der Waals surface area contributed by atoms with E-state index in [1.54, 1.807) is 12.3 Å². The van der Waals surface area contributed by atoms with Crippen molar-refractivity contribution in [3.63, 3.8) is 0 Å². The van der Waals surface area contributed by atoms with Crippen LogP contribution in [0.15, 0.2) is 59.5 Å². The van der Waals surface area contributed by atoms with Crippen LogP contribution >= 0.6 is 0 Å². The van der Waals surface area contributed by atoms with Gasteiger partial charge in [-0.1, -0.05) is 36.4 Å². The lowest BCUT2D eigenvalue weighted by Gasteiger charge is -2.12. The summed E-state index contributed by atoms with van der Waals surface area (Å²) in [4.78, 5) is 16.8. The molecular formula is C19H16N2O. The second-order valence-electron chi connectivity index (χ2n) is 5.65. The Balaban J connectivity index is 1.88. The second-order valence-corrected chi connectivity index (χ2v) is 5.65. The van der Waals surface area contributed by atoms with Crippen molar-refractivity contribution >= 4 is 23.2 Å². The average Bonchev–Trinajstić information content (AvgIpc) is 3.39. The molecule has 3 aromatic rings. The fraction of sp³-hybridized carbons (Fsp3) is 0.158. The molecule has 1 aliphatic carbocycles. The Morgan fingerprint density at radius 3 is 2.64 bits per heavy atom. The predicted octanol–water partition coefficient (Wildman–Crippen LogP) is 3.90. The van der Waals surface area contributed by atoms with Crippen molar-refractivity contribution in [1.29, 1.82) is 0 Å². The Labute approximate surface area is 128 Å². The van der Waals surface area contributed by atoms with Gasteiger partial charge in [-0.2, -0.15) is 0 Å². The summed E-state index contributed by atoms with van der Waals surface area (Å²) in [7, 11) is 0. The zero-order valence-electron chi connectivity index (χ0n) is 12.1. The summed E-state index contributed by atoms with van der Waals surface area (Å²) < 4.78 is 2.20. The molecule has 108 valence electrons. The van der Waals surface area contributed by atoms with E-state index in [0.29, 0.717) is 11.4 Å². The first-order valence-electron chi connectivity index (χ1n) is 7.56. The molecule has 0 unspecified atom stereocenters. The van der Waals surface area contributed by atoms with Gasteiger partial charge in [0.25, 0.3) is 0 Å². The SMILES string of the molecule is O=c1cc(/C=C/c2ccccc2)n(C2CC2)c2ncccc12. The van der Waals surface area contributed by atoms with Gasteiger partial charge in [-0.15, -0.1) is 0 Å². The first kappa shape index (κ1) is 13.0. The van der Waals surface area contributed by atoms with Crippen molar-refractivity contribution in [3.05, 3.63) is 76.2 Å². The summed E-state index contributed by atoms with van der Waals surface area (Å²) in [6, 6.07) is 16.0. The van der Waals surface area contributed by atoms with E-state index in [-0.39, 0.29) is 5.43 Å². The van der Waals surface area contributed by atoms with Crippen LogP contribution in [0.4, 0.5) is 0 Å². The summed E-state index contributed by atoms with van der Waals surface area (Å²) >= 11 is 0. The number of nitrogens with zero attached hydrogens (tertiary/aromatic N) is 2. The maximum Gasteiger partial charge on any atom is 0.191 e. The molecule has 0 spiro atoms. The number of pyridine rings is 2. The molecular weight excluding hydrogens is 272 g/mol. The third-order valence-electron chi connectivity index (χ3n) is 4.00. The first-order chi connectivity index (χ1) is 10.8. The molecule has 0 atom stereocenters. The number of hydrogen-bond acceptors (Lipinski definition) is 2. The Kier molecular flexibility index (Phi) is 3.11. The number of hydrogen-bond donors (Lipinski definition) is 0. The van der Waals surface area contributed by atoms with E-state index in [1.165, 1.54) is 0 Å². The fourth-order valence-corrected chi connectivity index (χ4v) is 2.78. The van der Waals surface area contributed by atoms with Gasteiger partial charge in [0.1, 0.15) is 5.65 Å². The standard InChI is InChI=1S/C19H16N2O/c22-18-13-16(9-8-14-5-2-1-3-6-14)21(15-10-11-15)19-17(18)7-4-12-20-19/h1-9,12-13,15H,10-11H2/b9-8+. The predicted molar refractivity (Wildman–Crippen MR) is 89.6 cm³/mol. The summed E-state index contributed by atoms with van der Waals surface area (Å²) in [5.41, 5.74) is 2.89. The van der Waals surface area contributed by atoms with Crippen LogP contribution in [0, 0.1) is 0 Å². The highest BCUT2D eigenvalue weighted by Gasteiger charge is 2.26. The Morgan fingerprint density at radius 1 is 1.05 bits per heavy atom. The van der Waals surface area contributed by atoms with Crippen LogP contribution in [-0.4, -0.2) is 9.55 Å². The van der Waals surface area contributed by atoms with Gasteiger partial charge in [0, 0.05) is 24.0 Å². The Morgan fingerprint density at radius 2 is 1.86 bits per heavy atom. The lowest BCUT2D eigenvalue weighted by atomic mass is 10.1. The number of benzene rings is 1. The summed E-state index contributed by atoms with van der Waals surface area (Å²) in [5.74, 6) is 0. The molecule has 1 aromatic carbocycles. The molecule has 3 nitrogen and oxygen atoms in total. The molecule has 1 aliphatic rings. The largest absolute Gasteiger partial charge is 0.323 e. The Bertz CT molecular complexity index is 906. The molecule has 22 heavy (non-hydrogen) atoms. The monoisotopic (exact) mass is 288 g/mol. The molecule has 3 heteroatoms. The maximum absolute atomic E-state index is 12.3. The van der Waals surface area contributed by atoms with E-state index in [9.17, 15) is 4.79 Å². The molecule has 0 bridgehead atoms. The second kappa shape index (κ2) is 5.26. The molecule has 1 fully saturated rings. The normalized spacial score (nSPS) is 14.7. The third kappa shape index (κ3) is 2.35. The fourth-order valence-electron chi connectivity index (χ4n) is 2.78. The van der Waals surface area contributed by atoms with E-state index >= 15 is 0 Å². The van der Waals surface area contributed by atoms with Crippen LogP contribution in [0.3, 0.4) is 0 Å². The quantitative estimate of drug-likeness (QED) is 0.732. The minimum absolute atomic E-state index is 0.0349. The highest BCUT2D eigenvalue weighted by atomic mass is 16.1. The zero-order chi connectivity index (χ0) is 14.9. The first-order valence-corrected chi connectivity index (χ1v) is 7.56. The van der Waals surface area contributed by atoms with E-state index in [1.807, 2.05) is 42.5 Å². The number of aromatic nitrogens is 2. The van der Waals surface area contributed by atoms with E-state index < -0.39 is 0 Å². The molecule has 4 rings (SSSR count). The molecule has 1 saturated carbocycles. The average molecular weight is 288 g/mol. The van der Waals surface area contributed by atoms with Gasteiger partial charge in [-0.3, -0.25) is 4.79 Å². The summed E-state index contributed by atoms with van der Waals surface area (Å²) in [5, 5.41) is 0.700. The minimum Gasteiger partial charge on any atom is -0.323 e. The molecule has 0 saturated heterocycles. The number of rotatable bonds is 3. The van der Waals surface area contributed by atoms with Crippen LogP contribution in [0.1, 0.15) is 30.1 Å². The van der Waals surface area contributed by atoms with Crippen LogP contribution in [-0.2, 0) is 0 Å². The van der Waals surface area contributed by atoms with Crippen LogP contribution in [0.25, 0.3) is 23.2 Å². The lowest BCUT2D eigenvalue weighted by molar-refractivity contribution is 0.748. The highest BCUT2D eigenvalue weighted by Crippen LogP contribution is 2.37. The molecule has 2 heterocycles. The van der Waals surface area contributed by atoms with Gasteiger partial charge < -0.3 is 4.57 Å². The van der Waals surface area contributed by atoms with Gasteiger partial charge >= 0.3 is 0 Å². The smallest absolute Gasteiger partial charge is 0.191 e. The molecule has 2 aromatic heterocycles. The van der Waals surface area contributed by atoms with Gasteiger partial charge in [-0.25, -0.2) is 4.98 Å². The van der Waals surface area contributed by atoms with Crippen molar-refractivity contribution in [2.45, 2.75) is 18.9 Å². The van der Waals surface area contributed by atoms with Gasteiger partial charge in [0.15, 0.2) is 5.43 Å². The van der Waals surface area contributed by atoms with Crippen molar-refractivity contribution in [2.75, 3.05) is 0 Å². The van der Waals surface area contributed by atoms with Gasteiger partial charge in [-0.05, 0) is 36.6 Å². The highest BCUT2D eigenvalue weighted by molar-refractivity contribution is 5.79. The molecule has 0 amide bonds. The minimum atomic E-state index is 0.0349. The molecule has 0 aliphatic heterocycles. The van der Waals surface area contributed by atoms with Crippen LogP contribution in [0.2, 0.25) is 0 Å². The van der Waals surface area contributed by atoms with Crippen LogP contribution in [0.5, 0.6) is 0 Å². The molecule has 0 N–H and O–H groups in total. The summed E-state index contributed by atoms with van der Waals surface area (Å²) in [6.07, 6.45) is 8.12. The van der Waals surface area contributed by atoms with Gasteiger partial charge in [0.05, 0.1) is 5.39 Å². The van der Waals surface area contributed by atoms with Crippen LogP contribution < -0.4 is 5.43 Å². The molecule has 0 radical (unpaired) electrons. The van der Waals surface area contributed by atoms with Crippen molar-refractivity contribution < 1.29 is 0 Å². The Hall–Kier alpha value is -2.68. The summed E-state index contributed by atoms with van der Waals surface area (Å²) in [6.45, 7) is 0. The zero-order valence-corrected chi connectivity index (χ0v) is 12.1. The van der Waals surface area contributed by atoms with E-state index in [0.717, 1.165) is 29.7 Å². The van der Waals surface area contributed by atoms with Crippen molar-refractivity contribution in [3.8, 4) is 0 Å². The van der Waals surface area contributed by atoms with E-state index in [2.05, 4.69) is 21.7 Å². The van der Waals surface area contributed by atoms with Crippen molar-refractivity contribution in [1.82, 2.24) is 9.55 Å². The topological polar surface area (TPSA) is 34.9 Å². The van der Waals surface area contributed by atoms with E-state index in [4.69, 9.17) is 0 Å². The number of fused-ring (bicyclic) bond motifs is 1. The van der Waals surface area contributed by atoms with Gasteiger partial charge in [0.2, 0.25) is 0 Å². The van der Waals surface area contributed by atoms with Crippen molar-refractivity contribution in [2.24, 2.45) is 0 Å². The third-order valence-corrected chi connectivity index (χ3v) is 4.00. The maximum atomic E-state index is 12.3.